The Morgan fingerprint density at radius 2 is 1.76 bits per heavy atom. The van der Waals surface area contributed by atoms with E-state index in [0.717, 1.165) is 34.0 Å². The van der Waals surface area contributed by atoms with E-state index in [0.29, 0.717) is 36.2 Å². The van der Waals surface area contributed by atoms with Gasteiger partial charge < -0.3 is 14.5 Å². The first-order valence-corrected chi connectivity index (χ1v) is 8.79. The zero-order chi connectivity index (χ0) is 17.4. The quantitative estimate of drug-likeness (QED) is 0.748. The standard InChI is InChI=1S/C20H18ClNO3/c1-2-3-14-19(12-4-6-13(21)7-5-12)15-10-17-18(25-9-8-24-17)11-16(15)22-20(14)23/h4-7,10-11H,2-3,8-9H2,1H3,(H,22,23). The van der Waals surface area contributed by atoms with Crippen molar-refractivity contribution in [3.8, 4) is 22.6 Å². The molecule has 0 unspecified atom stereocenters. The topological polar surface area (TPSA) is 51.3 Å². The van der Waals surface area contributed by atoms with Gasteiger partial charge in [0.2, 0.25) is 0 Å². The summed E-state index contributed by atoms with van der Waals surface area (Å²) in [5.74, 6) is 1.38. The Morgan fingerprint density at radius 1 is 1.08 bits per heavy atom. The van der Waals surface area contributed by atoms with Crippen molar-refractivity contribution < 1.29 is 9.47 Å². The lowest BCUT2D eigenvalue weighted by Crippen LogP contribution is -2.17. The van der Waals surface area contributed by atoms with E-state index >= 15 is 0 Å². The molecule has 0 saturated heterocycles. The highest BCUT2D eigenvalue weighted by atomic mass is 35.5. The van der Waals surface area contributed by atoms with Crippen LogP contribution in [0.25, 0.3) is 22.0 Å². The van der Waals surface area contributed by atoms with E-state index in [1.54, 1.807) is 0 Å². The summed E-state index contributed by atoms with van der Waals surface area (Å²) in [4.78, 5) is 15.7. The van der Waals surface area contributed by atoms with E-state index in [1.165, 1.54) is 0 Å². The van der Waals surface area contributed by atoms with Crippen LogP contribution in [0.3, 0.4) is 0 Å². The maximum Gasteiger partial charge on any atom is 0.252 e. The average molecular weight is 356 g/mol. The number of pyridine rings is 1. The largest absolute Gasteiger partial charge is 0.486 e. The summed E-state index contributed by atoms with van der Waals surface area (Å²) in [6.45, 7) is 3.11. The van der Waals surface area contributed by atoms with Gasteiger partial charge in [0.15, 0.2) is 11.5 Å². The number of halogens is 1. The lowest BCUT2D eigenvalue weighted by atomic mass is 9.94. The van der Waals surface area contributed by atoms with Gasteiger partial charge in [-0.05, 0) is 35.7 Å². The molecule has 2 heterocycles. The second-order valence-corrected chi connectivity index (χ2v) is 6.54. The highest BCUT2D eigenvalue weighted by molar-refractivity contribution is 6.30. The molecule has 0 amide bonds. The molecule has 2 aromatic carbocycles. The number of hydrogen-bond donors (Lipinski definition) is 1. The number of benzene rings is 2. The Bertz CT molecular complexity index is 992. The fraction of sp³-hybridized carbons (Fsp3) is 0.250. The van der Waals surface area contributed by atoms with Gasteiger partial charge in [0.1, 0.15) is 13.2 Å². The predicted molar refractivity (Wildman–Crippen MR) is 100.0 cm³/mol. The van der Waals surface area contributed by atoms with E-state index in [4.69, 9.17) is 21.1 Å². The first-order valence-electron chi connectivity index (χ1n) is 8.42. The fourth-order valence-corrected chi connectivity index (χ4v) is 3.43. The van der Waals surface area contributed by atoms with Gasteiger partial charge in [0, 0.05) is 22.0 Å². The maximum absolute atomic E-state index is 12.7. The molecule has 5 heteroatoms. The van der Waals surface area contributed by atoms with Crippen LogP contribution in [0.2, 0.25) is 5.02 Å². The second-order valence-electron chi connectivity index (χ2n) is 6.11. The van der Waals surface area contributed by atoms with Crippen LogP contribution in [0.15, 0.2) is 41.2 Å². The van der Waals surface area contributed by atoms with Crippen molar-refractivity contribution in [2.45, 2.75) is 19.8 Å². The lowest BCUT2D eigenvalue weighted by Gasteiger charge is -2.20. The summed E-state index contributed by atoms with van der Waals surface area (Å²) in [5.41, 5.74) is 3.39. The SMILES string of the molecule is CCCc1c(-c2ccc(Cl)cc2)c2cc3c(cc2[nH]c1=O)OCCO3. The molecular weight excluding hydrogens is 338 g/mol. The Kier molecular flexibility index (Phi) is 4.14. The molecule has 1 aliphatic rings. The number of rotatable bonds is 3. The number of ether oxygens (including phenoxy) is 2. The van der Waals surface area contributed by atoms with Gasteiger partial charge in [-0.2, -0.15) is 0 Å². The summed E-state index contributed by atoms with van der Waals surface area (Å²) in [6.07, 6.45) is 1.59. The van der Waals surface area contributed by atoms with Crippen molar-refractivity contribution in [2.24, 2.45) is 0 Å². The zero-order valence-electron chi connectivity index (χ0n) is 13.9. The van der Waals surface area contributed by atoms with Gasteiger partial charge >= 0.3 is 0 Å². The molecule has 1 aliphatic heterocycles. The predicted octanol–water partition coefficient (Wildman–Crippen LogP) is 4.57. The molecule has 0 fully saturated rings. The molecule has 0 saturated carbocycles. The average Bonchev–Trinajstić information content (AvgIpc) is 2.62. The summed E-state index contributed by atoms with van der Waals surface area (Å²) in [7, 11) is 0. The summed E-state index contributed by atoms with van der Waals surface area (Å²) >= 11 is 6.04. The van der Waals surface area contributed by atoms with Gasteiger partial charge in [0.05, 0.1) is 5.52 Å². The highest BCUT2D eigenvalue weighted by Crippen LogP contribution is 2.38. The number of H-pyrrole nitrogens is 1. The Hall–Kier alpha value is -2.46. The zero-order valence-corrected chi connectivity index (χ0v) is 14.7. The van der Waals surface area contributed by atoms with Crippen LogP contribution in [0.4, 0.5) is 0 Å². The number of nitrogens with one attached hydrogen (secondary N) is 1. The molecule has 25 heavy (non-hydrogen) atoms. The molecule has 0 bridgehead atoms. The van der Waals surface area contributed by atoms with Crippen LogP contribution in [0, 0.1) is 0 Å². The van der Waals surface area contributed by atoms with E-state index in [2.05, 4.69) is 11.9 Å². The van der Waals surface area contributed by atoms with Crippen LogP contribution < -0.4 is 15.0 Å². The molecule has 0 radical (unpaired) electrons. The smallest absolute Gasteiger partial charge is 0.252 e. The first kappa shape index (κ1) is 16.0. The number of aromatic nitrogens is 1. The normalized spacial score (nSPS) is 13.2. The van der Waals surface area contributed by atoms with E-state index < -0.39 is 0 Å². The van der Waals surface area contributed by atoms with Crippen molar-refractivity contribution in [1.29, 1.82) is 0 Å². The van der Waals surface area contributed by atoms with Gasteiger partial charge in [-0.25, -0.2) is 0 Å². The summed E-state index contributed by atoms with van der Waals surface area (Å²) < 4.78 is 11.4. The van der Waals surface area contributed by atoms with E-state index in [9.17, 15) is 4.79 Å². The number of hydrogen-bond acceptors (Lipinski definition) is 3. The highest BCUT2D eigenvalue weighted by Gasteiger charge is 2.19. The Morgan fingerprint density at radius 3 is 2.44 bits per heavy atom. The Labute approximate surface area is 150 Å². The molecule has 128 valence electrons. The van der Waals surface area contributed by atoms with Crippen LogP contribution in [-0.2, 0) is 6.42 Å². The molecule has 0 spiro atoms. The minimum Gasteiger partial charge on any atom is -0.486 e. The fourth-order valence-electron chi connectivity index (χ4n) is 3.31. The van der Waals surface area contributed by atoms with E-state index in [1.807, 2.05) is 36.4 Å². The van der Waals surface area contributed by atoms with Gasteiger partial charge in [-0.3, -0.25) is 4.79 Å². The minimum atomic E-state index is -0.0593. The summed E-state index contributed by atoms with van der Waals surface area (Å²) in [6, 6.07) is 11.4. The van der Waals surface area contributed by atoms with Gasteiger partial charge in [-0.1, -0.05) is 37.1 Å². The third-order valence-corrected chi connectivity index (χ3v) is 4.66. The van der Waals surface area contributed by atoms with Gasteiger partial charge in [-0.15, -0.1) is 0 Å². The molecule has 0 atom stereocenters. The van der Waals surface area contributed by atoms with Crippen LogP contribution in [0.1, 0.15) is 18.9 Å². The Balaban J connectivity index is 2.06. The molecular formula is C20H18ClNO3. The number of fused-ring (bicyclic) bond motifs is 2. The van der Waals surface area contributed by atoms with Crippen LogP contribution in [0.5, 0.6) is 11.5 Å². The molecule has 1 N–H and O–H groups in total. The van der Waals surface area contributed by atoms with Crippen molar-refractivity contribution in [2.75, 3.05) is 13.2 Å². The molecule has 4 nitrogen and oxygen atoms in total. The molecule has 3 aromatic rings. The van der Waals surface area contributed by atoms with Crippen molar-refractivity contribution >= 4 is 22.5 Å². The summed E-state index contributed by atoms with van der Waals surface area (Å²) in [5, 5.41) is 1.62. The monoisotopic (exact) mass is 355 g/mol. The van der Waals surface area contributed by atoms with Crippen molar-refractivity contribution in [3.63, 3.8) is 0 Å². The molecule has 0 aliphatic carbocycles. The van der Waals surface area contributed by atoms with Crippen molar-refractivity contribution in [1.82, 2.24) is 4.98 Å². The van der Waals surface area contributed by atoms with Crippen molar-refractivity contribution in [3.05, 3.63) is 57.3 Å². The van der Waals surface area contributed by atoms with Gasteiger partial charge in [0.25, 0.3) is 5.56 Å². The third-order valence-electron chi connectivity index (χ3n) is 4.41. The van der Waals surface area contributed by atoms with E-state index in [-0.39, 0.29) is 5.56 Å². The number of aromatic amines is 1. The molecule has 4 rings (SSSR count). The van der Waals surface area contributed by atoms with Crippen LogP contribution >= 0.6 is 11.6 Å². The van der Waals surface area contributed by atoms with Crippen LogP contribution in [-0.4, -0.2) is 18.2 Å². The lowest BCUT2D eigenvalue weighted by molar-refractivity contribution is 0.172. The molecule has 1 aromatic heterocycles. The minimum absolute atomic E-state index is 0.0593. The maximum atomic E-state index is 12.7. The third kappa shape index (κ3) is 2.87. The second kappa shape index (κ2) is 6.45. The first-order chi connectivity index (χ1) is 12.2.